The number of hydrogen-bond acceptors (Lipinski definition) is 1. The average Bonchev–Trinajstić information content (AvgIpc) is 2.34. The van der Waals surface area contributed by atoms with Crippen molar-refractivity contribution in [2.45, 2.75) is 87.6 Å². The molecule has 0 aromatic carbocycles. The summed E-state index contributed by atoms with van der Waals surface area (Å²) in [6.07, 6.45) is 3.84. The first-order chi connectivity index (χ1) is 7.93. The molecular weight excluding hydrogens is 206 g/mol. The molecule has 17 heavy (non-hydrogen) atoms. The monoisotopic (exact) mass is 245 g/mol. The Labute approximate surface area is 112 Å². The minimum Gasteiger partial charge on any atom is -0.304 e. The third kappa shape index (κ3) is 13.9. The van der Waals surface area contributed by atoms with Gasteiger partial charge in [0.1, 0.15) is 0 Å². The van der Waals surface area contributed by atoms with Crippen molar-refractivity contribution >= 4 is 0 Å². The maximum Gasteiger partial charge on any atom is 0.00689 e. The Morgan fingerprint density at radius 1 is 1.00 bits per heavy atom. The van der Waals surface area contributed by atoms with E-state index in [1.807, 2.05) is 27.7 Å². The first-order valence-electron chi connectivity index (χ1n) is 7.63. The predicted molar refractivity (Wildman–Crippen MR) is 83.8 cm³/mol. The molecule has 1 unspecified atom stereocenters. The van der Waals surface area contributed by atoms with Crippen LogP contribution in [0.15, 0.2) is 0 Å². The highest BCUT2D eigenvalue weighted by Gasteiger charge is 2.20. The molecule has 0 aromatic heterocycles. The highest BCUT2D eigenvalue weighted by atomic mass is 15.1. The van der Waals surface area contributed by atoms with Crippen molar-refractivity contribution in [2.24, 2.45) is 5.41 Å². The van der Waals surface area contributed by atoms with E-state index in [1.54, 1.807) is 0 Å². The van der Waals surface area contributed by atoms with Gasteiger partial charge in [0.25, 0.3) is 0 Å². The van der Waals surface area contributed by atoms with Crippen LogP contribution in [0.1, 0.15) is 81.6 Å². The van der Waals surface area contributed by atoms with Gasteiger partial charge in [0, 0.05) is 6.04 Å². The van der Waals surface area contributed by atoms with E-state index in [4.69, 9.17) is 0 Å². The first-order valence-corrected chi connectivity index (χ1v) is 7.63. The molecule has 0 spiro atoms. The molecule has 0 fully saturated rings. The molecule has 1 atom stereocenters. The second kappa shape index (κ2) is 14.0. The van der Waals surface area contributed by atoms with Crippen molar-refractivity contribution in [3.8, 4) is 0 Å². The van der Waals surface area contributed by atoms with Crippen LogP contribution in [0.3, 0.4) is 0 Å². The third-order valence-electron chi connectivity index (χ3n) is 3.13. The van der Waals surface area contributed by atoms with Crippen LogP contribution in [0.4, 0.5) is 0 Å². The molecular formula is C16H39N. The molecule has 108 valence electrons. The quantitative estimate of drug-likeness (QED) is 0.589. The van der Waals surface area contributed by atoms with Crippen LogP contribution < -0.4 is 0 Å². The summed E-state index contributed by atoms with van der Waals surface area (Å²) >= 11 is 0. The van der Waals surface area contributed by atoms with Gasteiger partial charge in [-0.3, -0.25) is 0 Å². The van der Waals surface area contributed by atoms with Crippen LogP contribution in [0.5, 0.6) is 0 Å². The van der Waals surface area contributed by atoms with Crippen molar-refractivity contribution in [3.05, 3.63) is 0 Å². The fourth-order valence-electron chi connectivity index (χ4n) is 1.67. The fourth-order valence-corrected chi connectivity index (χ4v) is 1.67. The van der Waals surface area contributed by atoms with Gasteiger partial charge >= 0.3 is 0 Å². The minimum absolute atomic E-state index is 0.501. The Balaban J connectivity index is -0.000000439. The molecule has 0 radical (unpaired) electrons. The number of rotatable bonds is 6. The average molecular weight is 245 g/mol. The minimum atomic E-state index is 0.501. The summed E-state index contributed by atoms with van der Waals surface area (Å²) in [7, 11) is 2.24. The van der Waals surface area contributed by atoms with Gasteiger partial charge in [0.05, 0.1) is 0 Å². The van der Waals surface area contributed by atoms with Crippen molar-refractivity contribution in [2.75, 3.05) is 13.6 Å². The van der Waals surface area contributed by atoms with E-state index < -0.39 is 0 Å². The molecule has 0 saturated heterocycles. The lowest BCUT2D eigenvalue weighted by atomic mass is 9.83. The summed E-state index contributed by atoms with van der Waals surface area (Å²) < 4.78 is 0. The van der Waals surface area contributed by atoms with Gasteiger partial charge in [-0.15, -0.1) is 0 Å². The van der Waals surface area contributed by atoms with E-state index in [0.29, 0.717) is 5.41 Å². The summed E-state index contributed by atoms with van der Waals surface area (Å²) in [5.41, 5.74) is 0.501. The molecule has 0 saturated carbocycles. The molecule has 1 heteroatoms. The Morgan fingerprint density at radius 2 is 1.41 bits per heavy atom. The summed E-state index contributed by atoms with van der Waals surface area (Å²) in [4.78, 5) is 2.47. The Bertz CT molecular complexity index is 129. The van der Waals surface area contributed by atoms with Gasteiger partial charge in [0.15, 0.2) is 0 Å². The van der Waals surface area contributed by atoms with E-state index in [1.165, 1.54) is 25.8 Å². The van der Waals surface area contributed by atoms with Crippen LogP contribution >= 0.6 is 0 Å². The van der Waals surface area contributed by atoms with Crippen LogP contribution in [0.2, 0.25) is 0 Å². The lowest BCUT2D eigenvalue weighted by Gasteiger charge is -2.32. The third-order valence-corrected chi connectivity index (χ3v) is 3.13. The van der Waals surface area contributed by atoms with Crippen molar-refractivity contribution in [1.82, 2.24) is 4.90 Å². The summed E-state index contributed by atoms with van der Waals surface area (Å²) in [5.74, 6) is 0. The highest BCUT2D eigenvalue weighted by Crippen LogP contribution is 2.27. The fraction of sp³-hybridized carbons (Fsp3) is 1.00. The Kier molecular flexibility index (Phi) is 18.3. The van der Waals surface area contributed by atoms with Gasteiger partial charge in [-0.2, -0.15) is 0 Å². The molecule has 0 aliphatic rings. The van der Waals surface area contributed by atoms with Crippen molar-refractivity contribution in [3.63, 3.8) is 0 Å². The number of nitrogens with zero attached hydrogens (tertiary/aromatic N) is 1. The predicted octanol–water partition coefficient (Wildman–Crippen LogP) is 5.60. The van der Waals surface area contributed by atoms with Gasteiger partial charge in [-0.05, 0) is 38.8 Å². The zero-order chi connectivity index (χ0) is 14.5. The Hall–Kier alpha value is -0.0400. The molecule has 0 aliphatic heterocycles. The summed E-state index contributed by atoms with van der Waals surface area (Å²) in [6, 6.07) is 0.717. The second-order valence-electron chi connectivity index (χ2n) is 5.05. The van der Waals surface area contributed by atoms with Gasteiger partial charge in [0.2, 0.25) is 0 Å². The first kappa shape index (κ1) is 22.2. The van der Waals surface area contributed by atoms with Crippen LogP contribution in [-0.2, 0) is 0 Å². The summed E-state index contributed by atoms with van der Waals surface area (Å²) in [5, 5.41) is 0. The maximum absolute atomic E-state index is 2.47. The van der Waals surface area contributed by atoms with Gasteiger partial charge in [-0.1, -0.05) is 61.8 Å². The topological polar surface area (TPSA) is 3.24 Å². The molecule has 0 bridgehead atoms. The smallest absolute Gasteiger partial charge is 0.00689 e. The van der Waals surface area contributed by atoms with E-state index in [0.717, 1.165) is 6.04 Å². The number of hydrogen-bond donors (Lipinski definition) is 0. The van der Waals surface area contributed by atoms with E-state index in [9.17, 15) is 0 Å². The van der Waals surface area contributed by atoms with E-state index in [2.05, 4.69) is 46.6 Å². The highest BCUT2D eigenvalue weighted by molar-refractivity contribution is 4.74. The maximum atomic E-state index is 2.47. The zero-order valence-corrected chi connectivity index (χ0v) is 14.4. The summed E-state index contributed by atoms with van der Waals surface area (Å²) in [6.45, 7) is 20.8. The SMILES string of the molecule is CC.CC.CCCN(C)C(C)CC(C)(C)CC. The van der Waals surface area contributed by atoms with Crippen LogP contribution in [0, 0.1) is 5.41 Å². The van der Waals surface area contributed by atoms with E-state index >= 15 is 0 Å². The van der Waals surface area contributed by atoms with Crippen molar-refractivity contribution in [1.29, 1.82) is 0 Å². The van der Waals surface area contributed by atoms with Gasteiger partial charge in [-0.25, -0.2) is 0 Å². The molecule has 0 aliphatic carbocycles. The lowest BCUT2D eigenvalue weighted by molar-refractivity contribution is 0.178. The molecule has 1 nitrogen and oxygen atoms in total. The molecule has 0 N–H and O–H groups in total. The van der Waals surface area contributed by atoms with Crippen LogP contribution in [-0.4, -0.2) is 24.5 Å². The molecule has 0 rings (SSSR count). The standard InChI is InChI=1S/C12H27N.2C2H6/c1-7-9-13(6)11(3)10-12(4,5)8-2;2*1-2/h11H,7-10H2,1-6H3;2*1-2H3. The molecule has 0 aromatic rings. The zero-order valence-electron chi connectivity index (χ0n) is 14.4. The van der Waals surface area contributed by atoms with Crippen LogP contribution in [0.25, 0.3) is 0 Å². The second-order valence-corrected chi connectivity index (χ2v) is 5.05. The Morgan fingerprint density at radius 3 is 1.71 bits per heavy atom. The molecule has 0 heterocycles. The van der Waals surface area contributed by atoms with Crippen molar-refractivity contribution < 1.29 is 0 Å². The normalized spacial score (nSPS) is 12.2. The molecule has 0 amide bonds. The van der Waals surface area contributed by atoms with E-state index in [-0.39, 0.29) is 0 Å². The van der Waals surface area contributed by atoms with Gasteiger partial charge < -0.3 is 4.90 Å². The largest absolute Gasteiger partial charge is 0.304 e. The lowest BCUT2D eigenvalue weighted by Crippen LogP contribution is -2.33.